The van der Waals surface area contributed by atoms with Gasteiger partial charge in [-0.15, -0.1) is 0 Å². The average Bonchev–Trinajstić information content (AvgIpc) is 3.12. The van der Waals surface area contributed by atoms with Gasteiger partial charge in [0.05, 0.1) is 27.8 Å². The number of para-hydroxylation sites is 1. The van der Waals surface area contributed by atoms with Crippen molar-refractivity contribution in [1.82, 2.24) is 9.88 Å². The van der Waals surface area contributed by atoms with Crippen molar-refractivity contribution in [2.45, 2.75) is 6.92 Å². The zero-order chi connectivity index (χ0) is 19.0. The summed E-state index contributed by atoms with van der Waals surface area (Å²) in [6.07, 6.45) is 0. The van der Waals surface area contributed by atoms with Crippen molar-refractivity contribution in [3.63, 3.8) is 0 Å². The maximum Gasteiger partial charge on any atom is 0.279 e. The molecule has 1 aromatic heterocycles. The van der Waals surface area contributed by atoms with Crippen LogP contribution in [0.25, 0.3) is 10.9 Å². The molecule has 0 fully saturated rings. The standard InChI is InChI=1S/C20H16Cl2N4O/c1-12-5-7-16-13(11-12)6-8-17(24-16)19(27)26-10-9-23-20(26)25-18-14(21)3-2-4-15(18)22/h2-8,11H,9-10H2,1H3,(H,23,25). The van der Waals surface area contributed by atoms with E-state index in [2.05, 4.69) is 15.3 Å². The van der Waals surface area contributed by atoms with E-state index < -0.39 is 0 Å². The van der Waals surface area contributed by atoms with Crippen molar-refractivity contribution in [3.05, 3.63) is 69.8 Å². The van der Waals surface area contributed by atoms with Crippen molar-refractivity contribution in [2.24, 2.45) is 4.99 Å². The number of halogens is 2. The lowest BCUT2D eigenvalue weighted by Crippen LogP contribution is -2.38. The number of carbonyl (C=O) groups excluding carboxylic acids is 1. The number of carbonyl (C=O) groups is 1. The van der Waals surface area contributed by atoms with Crippen LogP contribution in [0.3, 0.4) is 0 Å². The molecule has 27 heavy (non-hydrogen) atoms. The Morgan fingerprint density at radius 3 is 2.67 bits per heavy atom. The van der Waals surface area contributed by atoms with Gasteiger partial charge in [0.15, 0.2) is 0 Å². The van der Waals surface area contributed by atoms with Crippen LogP contribution in [0.15, 0.2) is 53.5 Å². The Morgan fingerprint density at radius 1 is 1.11 bits per heavy atom. The fraction of sp³-hybridized carbons (Fsp3) is 0.150. The Labute approximate surface area is 166 Å². The van der Waals surface area contributed by atoms with Gasteiger partial charge >= 0.3 is 0 Å². The van der Waals surface area contributed by atoms with E-state index in [-0.39, 0.29) is 5.91 Å². The Morgan fingerprint density at radius 2 is 1.89 bits per heavy atom. The van der Waals surface area contributed by atoms with Crippen LogP contribution >= 0.6 is 23.2 Å². The van der Waals surface area contributed by atoms with E-state index in [1.165, 1.54) is 0 Å². The third-order valence-corrected chi connectivity index (χ3v) is 4.98. The molecule has 1 N–H and O–H groups in total. The second kappa shape index (κ2) is 7.18. The fourth-order valence-electron chi connectivity index (χ4n) is 2.98. The van der Waals surface area contributed by atoms with Crippen LogP contribution in [0.4, 0.5) is 5.69 Å². The molecule has 5 nitrogen and oxygen atoms in total. The zero-order valence-electron chi connectivity index (χ0n) is 14.5. The van der Waals surface area contributed by atoms with Gasteiger partial charge in [-0.1, -0.05) is 47.0 Å². The number of aryl methyl sites for hydroxylation is 1. The molecule has 1 amide bonds. The highest BCUT2D eigenvalue weighted by Gasteiger charge is 2.27. The summed E-state index contributed by atoms with van der Waals surface area (Å²) in [5.41, 5.74) is 2.83. The number of hydrogen-bond donors (Lipinski definition) is 1. The third-order valence-electron chi connectivity index (χ3n) is 4.35. The zero-order valence-corrected chi connectivity index (χ0v) is 16.1. The van der Waals surface area contributed by atoms with Gasteiger partial charge in [0.2, 0.25) is 5.96 Å². The van der Waals surface area contributed by atoms with Crippen molar-refractivity contribution in [2.75, 3.05) is 18.4 Å². The Bertz CT molecular complexity index is 1060. The van der Waals surface area contributed by atoms with Crippen LogP contribution in [0.5, 0.6) is 0 Å². The summed E-state index contributed by atoms with van der Waals surface area (Å²) in [6.45, 7) is 3.00. The summed E-state index contributed by atoms with van der Waals surface area (Å²) < 4.78 is 0. The number of pyridine rings is 1. The van der Waals surface area contributed by atoms with Crippen LogP contribution in [-0.2, 0) is 0 Å². The number of anilines is 1. The van der Waals surface area contributed by atoms with Crippen molar-refractivity contribution < 1.29 is 4.79 Å². The van der Waals surface area contributed by atoms with Gasteiger partial charge in [0.1, 0.15) is 5.69 Å². The van der Waals surface area contributed by atoms with Crippen LogP contribution in [0.1, 0.15) is 16.1 Å². The smallest absolute Gasteiger partial charge is 0.279 e. The molecule has 0 atom stereocenters. The lowest BCUT2D eigenvalue weighted by Gasteiger charge is -2.20. The number of benzene rings is 2. The summed E-state index contributed by atoms with van der Waals surface area (Å²) >= 11 is 12.4. The first-order valence-electron chi connectivity index (χ1n) is 8.48. The Hall–Kier alpha value is -2.63. The molecule has 0 spiro atoms. The number of aromatic nitrogens is 1. The van der Waals surface area contributed by atoms with E-state index in [0.717, 1.165) is 16.5 Å². The highest BCUT2D eigenvalue weighted by Crippen LogP contribution is 2.30. The number of rotatable bonds is 2. The number of nitrogens with zero attached hydrogens (tertiary/aromatic N) is 3. The number of nitrogens with one attached hydrogen (secondary N) is 1. The first-order valence-corrected chi connectivity index (χ1v) is 9.23. The largest absolute Gasteiger partial charge is 0.323 e. The Kier molecular flexibility index (Phi) is 4.72. The van der Waals surface area contributed by atoms with Gasteiger partial charge < -0.3 is 5.32 Å². The molecule has 1 aliphatic heterocycles. The minimum Gasteiger partial charge on any atom is -0.323 e. The molecule has 0 radical (unpaired) electrons. The SMILES string of the molecule is Cc1ccc2nc(C(=O)N3CCN=C3Nc3c(Cl)cccc3Cl)ccc2c1. The monoisotopic (exact) mass is 398 g/mol. The molecule has 4 rings (SSSR count). The number of amides is 1. The van der Waals surface area contributed by atoms with Gasteiger partial charge in [-0.3, -0.25) is 14.7 Å². The highest BCUT2D eigenvalue weighted by atomic mass is 35.5. The number of fused-ring (bicyclic) bond motifs is 1. The minimum atomic E-state index is -0.218. The molecular weight excluding hydrogens is 383 g/mol. The Balaban J connectivity index is 1.61. The lowest BCUT2D eigenvalue weighted by molar-refractivity contribution is 0.0852. The van der Waals surface area contributed by atoms with Crippen LogP contribution in [0, 0.1) is 6.92 Å². The van der Waals surface area contributed by atoms with E-state index in [9.17, 15) is 4.79 Å². The summed E-state index contributed by atoms with van der Waals surface area (Å²) in [5.74, 6) is 0.199. The summed E-state index contributed by atoms with van der Waals surface area (Å²) in [6, 6.07) is 14.8. The lowest BCUT2D eigenvalue weighted by atomic mass is 10.1. The molecule has 7 heteroatoms. The molecule has 0 saturated heterocycles. The van der Waals surface area contributed by atoms with Gasteiger partial charge in [-0.05, 0) is 37.3 Å². The molecular formula is C20H16Cl2N4O. The van der Waals surface area contributed by atoms with E-state index >= 15 is 0 Å². The molecule has 136 valence electrons. The molecule has 2 heterocycles. The van der Waals surface area contributed by atoms with Crippen molar-refractivity contribution in [1.29, 1.82) is 0 Å². The first-order chi connectivity index (χ1) is 13.0. The molecule has 0 aliphatic carbocycles. The quantitative estimate of drug-likeness (QED) is 0.675. The predicted molar refractivity (Wildman–Crippen MR) is 110 cm³/mol. The van der Waals surface area contributed by atoms with Gasteiger partial charge in [0, 0.05) is 11.9 Å². The van der Waals surface area contributed by atoms with E-state index in [4.69, 9.17) is 23.2 Å². The molecule has 0 bridgehead atoms. The molecule has 2 aromatic carbocycles. The average molecular weight is 399 g/mol. The topological polar surface area (TPSA) is 57.6 Å². The third kappa shape index (κ3) is 3.48. The number of hydrogen-bond acceptors (Lipinski definition) is 4. The second-order valence-corrected chi connectivity index (χ2v) is 7.09. The van der Waals surface area contributed by atoms with E-state index in [1.807, 2.05) is 31.2 Å². The number of guanidine groups is 1. The molecule has 3 aromatic rings. The first kappa shape index (κ1) is 17.8. The predicted octanol–water partition coefficient (Wildman–Crippen LogP) is 4.77. The summed E-state index contributed by atoms with van der Waals surface area (Å²) in [4.78, 5) is 23.5. The number of aliphatic imine (C=N–C) groups is 1. The van der Waals surface area contributed by atoms with Gasteiger partial charge in [0.25, 0.3) is 5.91 Å². The van der Waals surface area contributed by atoms with E-state index in [0.29, 0.717) is 40.5 Å². The van der Waals surface area contributed by atoms with Crippen LogP contribution < -0.4 is 5.32 Å². The molecule has 1 aliphatic rings. The highest BCUT2D eigenvalue weighted by molar-refractivity contribution is 6.40. The maximum atomic E-state index is 13.0. The van der Waals surface area contributed by atoms with Crippen molar-refractivity contribution >= 4 is 51.7 Å². The normalized spacial score (nSPS) is 13.7. The maximum absolute atomic E-state index is 13.0. The summed E-state index contributed by atoms with van der Waals surface area (Å²) in [5, 5.41) is 5.01. The van der Waals surface area contributed by atoms with Gasteiger partial charge in [-0.25, -0.2) is 4.98 Å². The minimum absolute atomic E-state index is 0.218. The summed E-state index contributed by atoms with van der Waals surface area (Å²) in [7, 11) is 0. The van der Waals surface area contributed by atoms with E-state index in [1.54, 1.807) is 29.2 Å². The van der Waals surface area contributed by atoms with Crippen molar-refractivity contribution in [3.8, 4) is 0 Å². The molecule has 0 unspecified atom stereocenters. The van der Waals surface area contributed by atoms with Crippen LogP contribution in [-0.4, -0.2) is 34.8 Å². The molecule has 0 saturated carbocycles. The van der Waals surface area contributed by atoms with Gasteiger partial charge in [-0.2, -0.15) is 0 Å². The second-order valence-electron chi connectivity index (χ2n) is 6.28. The van der Waals surface area contributed by atoms with Crippen LogP contribution in [0.2, 0.25) is 10.0 Å². The fourth-order valence-corrected chi connectivity index (χ4v) is 3.48.